The van der Waals surface area contributed by atoms with Crippen molar-refractivity contribution in [3.05, 3.63) is 18.2 Å². The number of ether oxygens (including phenoxy) is 1. The Bertz CT molecular complexity index is 543. The third-order valence-electron chi connectivity index (χ3n) is 4.58. The van der Waals surface area contributed by atoms with Gasteiger partial charge in [0.2, 0.25) is 0 Å². The van der Waals surface area contributed by atoms with Gasteiger partial charge in [0.1, 0.15) is 0 Å². The smallest absolute Gasteiger partial charge is 0.407 e. The van der Waals surface area contributed by atoms with E-state index in [1.807, 2.05) is 6.07 Å². The van der Waals surface area contributed by atoms with E-state index in [-0.39, 0.29) is 12.5 Å². The summed E-state index contributed by atoms with van der Waals surface area (Å²) in [5.74, 6) is 0. The molecule has 1 atom stereocenters. The average Bonchev–Trinajstić information content (AvgIpc) is 2.55. The Morgan fingerprint density at radius 3 is 2.70 bits per heavy atom. The van der Waals surface area contributed by atoms with E-state index in [0.29, 0.717) is 19.3 Å². The summed E-state index contributed by atoms with van der Waals surface area (Å²) < 4.78 is 17.3. The van der Waals surface area contributed by atoms with Gasteiger partial charge in [0, 0.05) is 25.2 Å². The summed E-state index contributed by atoms with van der Waals surface area (Å²) in [4.78, 5) is 2.36. The highest BCUT2D eigenvalue weighted by Crippen LogP contribution is 2.28. The van der Waals surface area contributed by atoms with Gasteiger partial charge >= 0.3 is 7.12 Å². The summed E-state index contributed by atoms with van der Waals surface area (Å²) in [5, 5.41) is 0. The molecule has 0 amide bonds. The lowest BCUT2D eigenvalue weighted by Gasteiger charge is -2.38. The van der Waals surface area contributed by atoms with Crippen LogP contribution in [0.1, 0.15) is 27.2 Å². The fourth-order valence-corrected chi connectivity index (χ4v) is 3.18. The molecule has 23 heavy (non-hydrogen) atoms. The lowest BCUT2D eigenvalue weighted by molar-refractivity contribution is 0.0343. The Labute approximate surface area is 139 Å². The summed E-state index contributed by atoms with van der Waals surface area (Å²) >= 11 is 0. The molecule has 0 radical (unpaired) electrons. The molecule has 2 saturated heterocycles. The Balaban J connectivity index is 1.75. The van der Waals surface area contributed by atoms with Crippen LogP contribution >= 0.6 is 0 Å². The number of rotatable bonds is 3. The monoisotopic (exact) mass is 318 g/mol. The van der Waals surface area contributed by atoms with Crippen LogP contribution < -0.4 is 16.1 Å². The minimum Gasteiger partial charge on any atom is -0.407 e. The van der Waals surface area contributed by atoms with Crippen molar-refractivity contribution >= 4 is 24.0 Å². The summed E-state index contributed by atoms with van der Waals surface area (Å²) in [7, 11) is -0.314. The lowest BCUT2D eigenvalue weighted by Crippen LogP contribution is -2.48. The van der Waals surface area contributed by atoms with Crippen molar-refractivity contribution in [3.63, 3.8) is 0 Å². The number of hydrogen-bond donors (Lipinski definition) is 1. The van der Waals surface area contributed by atoms with Crippen molar-refractivity contribution in [2.45, 2.75) is 33.2 Å². The lowest BCUT2D eigenvalue weighted by atomic mass is 9.75. The quantitative estimate of drug-likeness (QED) is 0.678. The molecule has 1 aromatic rings. The minimum absolute atomic E-state index is 0.0735. The van der Waals surface area contributed by atoms with Crippen molar-refractivity contribution in [3.8, 4) is 0 Å². The molecule has 0 spiro atoms. The van der Waals surface area contributed by atoms with E-state index >= 15 is 0 Å². The number of anilines is 2. The molecule has 2 aliphatic rings. The molecule has 2 N–H and O–H groups in total. The number of nitrogens with two attached hydrogens (primary N) is 1. The van der Waals surface area contributed by atoms with Crippen LogP contribution in [0, 0.1) is 5.41 Å². The Hall–Kier alpha value is -1.24. The van der Waals surface area contributed by atoms with E-state index in [0.717, 1.165) is 43.0 Å². The van der Waals surface area contributed by atoms with Crippen molar-refractivity contribution in [1.82, 2.24) is 0 Å². The highest BCUT2D eigenvalue weighted by atomic mass is 16.6. The van der Waals surface area contributed by atoms with E-state index in [1.54, 1.807) is 0 Å². The predicted octanol–water partition coefficient (Wildman–Crippen LogP) is 1.65. The molecule has 2 heterocycles. The van der Waals surface area contributed by atoms with Crippen molar-refractivity contribution in [2.24, 2.45) is 5.41 Å². The van der Waals surface area contributed by atoms with Gasteiger partial charge in [-0.25, -0.2) is 0 Å². The first-order chi connectivity index (χ1) is 11.0. The number of hydrogen-bond acceptors (Lipinski definition) is 5. The zero-order chi connectivity index (χ0) is 16.4. The third-order valence-corrected chi connectivity index (χ3v) is 4.58. The van der Waals surface area contributed by atoms with Crippen LogP contribution in [0.4, 0.5) is 11.4 Å². The molecule has 0 aromatic heterocycles. The molecule has 0 bridgehead atoms. The van der Waals surface area contributed by atoms with Gasteiger partial charge in [-0.2, -0.15) is 0 Å². The van der Waals surface area contributed by atoms with E-state index in [1.165, 1.54) is 0 Å². The summed E-state index contributed by atoms with van der Waals surface area (Å²) in [6, 6.07) is 6.53. The molecule has 6 heteroatoms. The van der Waals surface area contributed by atoms with Gasteiger partial charge in [0.05, 0.1) is 30.6 Å². The van der Waals surface area contributed by atoms with Crippen LogP contribution in [0.3, 0.4) is 0 Å². The fourth-order valence-electron chi connectivity index (χ4n) is 3.18. The molecular weight excluding hydrogens is 291 g/mol. The Kier molecular flexibility index (Phi) is 4.85. The first-order valence-electron chi connectivity index (χ1n) is 8.47. The first kappa shape index (κ1) is 16.6. The number of nitrogen functional groups attached to an aromatic ring is 1. The summed E-state index contributed by atoms with van der Waals surface area (Å²) in [6.07, 6.45) is 1.05. The van der Waals surface area contributed by atoms with E-state index in [2.05, 4.69) is 37.8 Å². The standard InChI is InChI=1S/C17H27BN2O3/c1-4-14-10-21-8-7-20(14)16-6-5-13(9-15(16)19)18-22-11-17(2,3)12-23-18/h5-6,9,14H,4,7-8,10-12,19H2,1-3H3. The Morgan fingerprint density at radius 1 is 1.30 bits per heavy atom. The van der Waals surface area contributed by atoms with Gasteiger partial charge in [-0.05, 0) is 24.0 Å². The zero-order valence-corrected chi connectivity index (χ0v) is 14.4. The van der Waals surface area contributed by atoms with E-state index in [4.69, 9.17) is 19.8 Å². The topological polar surface area (TPSA) is 57.0 Å². The maximum absolute atomic E-state index is 6.34. The fraction of sp³-hybridized carbons (Fsp3) is 0.647. The normalized spacial score (nSPS) is 24.7. The first-order valence-corrected chi connectivity index (χ1v) is 8.47. The van der Waals surface area contributed by atoms with Crippen LogP contribution in [0.5, 0.6) is 0 Å². The van der Waals surface area contributed by atoms with Crippen LogP contribution in [0.2, 0.25) is 0 Å². The van der Waals surface area contributed by atoms with Crippen LogP contribution in [-0.4, -0.2) is 46.1 Å². The SMILES string of the molecule is CCC1COCCN1c1ccc(B2OCC(C)(C)CO2)cc1N. The second-order valence-electron chi connectivity index (χ2n) is 7.27. The third kappa shape index (κ3) is 3.65. The molecule has 1 unspecified atom stereocenters. The highest BCUT2D eigenvalue weighted by molar-refractivity contribution is 6.61. The molecule has 5 nitrogen and oxygen atoms in total. The molecule has 0 aliphatic carbocycles. The minimum atomic E-state index is -0.314. The largest absolute Gasteiger partial charge is 0.493 e. The van der Waals surface area contributed by atoms with Crippen molar-refractivity contribution < 1.29 is 14.0 Å². The van der Waals surface area contributed by atoms with Crippen molar-refractivity contribution in [2.75, 3.05) is 43.6 Å². The van der Waals surface area contributed by atoms with Gasteiger partial charge in [-0.15, -0.1) is 0 Å². The molecule has 3 rings (SSSR count). The number of benzene rings is 1. The highest BCUT2D eigenvalue weighted by Gasteiger charge is 2.34. The second-order valence-corrected chi connectivity index (χ2v) is 7.27. The van der Waals surface area contributed by atoms with Gasteiger partial charge in [0.15, 0.2) is 0 Å². The Morgan fingerprint density at radius 2 is 2.04 bits per heavy atom. The molecule has 1 aromatic carbocycles. The maximum Gasteiger partial charge on any atom is 0.493 e. The van der Waals surface area contributed by atoms with Crippen LogP contribution in [-0.2, 0) is 14.0 Å². The van der Waals surface area contributed by atoms with Gasteiger partial charge in [-0.3, -0.25) is 0 Å². The van der Waals surface area contributed by atoms with Crippen molar-refractivity contribution in [1.29, 1.82) is 0 Å². The van der Waals surface area contributed by atoms with Gasteiger partial charge in [-0.1, -0.05) is 26.8 Å². The summed E-state index contributed by atoms with van der Waals surface area (Å²) in [6.45, 7) is 10.3. The molecule has 126 valence electrons. The number of nitrogens with zero attached hydrogens (tertiary/aromatic N) is 1. The van der Waals surface area contributed by atoms with Gasteiger partial charge in [0.25, 0.3) is 0 Å². The van der Waals surface area contributed by atoms with E-state index in [9.17, 15) is 0 Å². The molecular formula is C17H27BN2O3. The molecule has 2 fully saturated rings. The average molecular weight is 318 g/mol. The van der Waals surface area contributed by atoms with E-state index < -0.39 is 0 Å². The van der Waals surface area contributed by atoms with Crippen LogP contribution in [0.15, 0.2) is 18.2 Å². The predicted molar refractivity (Wildman–Crippen MR) is 94.2 cm³/mol. The number of morpholine rings is 1. The zero-order valence-electron chi connectivity index (χ0n) is 14.4. The van der Waals surface area contributed by atoms with Gasteiger partial charge < -0.3 is 24.7 Å². The molecule has 2 aliphatic heterocycles. The maximum atomic E-state index is 6.34. The summed E-state index contributed by atoms with van der Waals surface area (Å²) in [5.41, 5.74) is 9.26. The second kappa shape index (κ2) is 6.71. The van der Waals surface area contributed by atoms with Crippen LogP contribution in [0.25, 0.3) is 0 Å². The molecule has 0 saturated carbocycles.